The van der Waals surface area contributed by atoms with Crippen molar-refractivity contribution in [3.05, 3.63) is 35.6 Å². The third-order valence-electron chi connectivity index (χ3n) is 2.73. The highest BCUT2D eigenvalue weighted by atomic mass is 19.1. The molecule has 0 radical (unpaired) electrons. The number of rotatable bonds is 1. The Bertz CT molecular complexity index is 298. The SMILES string of the molecule is O[C@@H]1CC[C@H](c2cccc(F)c2)C1. The molecule has 2 atom stereocenters. The smallest absolute Gasteiger partial charge is 0.123 e. The monoisotopic (exact) mass is 180 g/mol. The van der Waals surface area contributed by atoms with E-state index in [2.05, 4.69) is 0 Å². The van der Waals surface area contributed by atoms with Crippen LogP contribution < -0.4 is 0 Å². The number of halogens is 1. The molecule has 13 heavy (non-hydrogen) atoms. The van der Waals surface area contributed by atoms with Gasteiger partial charge in [0.05, 0.1) is 6.10 Å². The number of aliphatic hydroxyl groups excluding tert-OH is 1. The van der Waals surface area contributed by atoms with Gasteiger partial charge in [-0.05, 0) is 42.9 Å². The van der Waals surface area contributed by atoms with Crippen LogP contribution in [0.15, 0.2) is 24.3 Å². The van der Waals surface area contributed by atoms with Crippen LogP contribution >= 0.6 is 0 Å². The fraction of sp³-hybridized carbons (Fsp3) is 0.455. The van der Waals surface area contributed by atoms with Crippen LogP contribution in [0.5, 0.6) is 0 Å². The lowest BCUT2D eigenvalue weighted by atomic mass is 9.98. The fourth-order valence-corrected chi connectivity index (χ4v) is 2.02. The number of hydrogen-bond donors (Lipinski definition) is 1. The first kappa shape index (κ1) is 8.70. The van der Waals surface area contributed by atoms with Gasteiger partial charge < -0.3 is 5.11 Å². The van der Waals surface area contributed by atoms with E-state index in [9.17, 15) is 9.50 Å². The van der Waals surface area contributed by atoms with Crippen LogP contribution in [0, 0.1) is 5.82 Å². The van der Waals surface area contributed by atoms with Crippen LogP contribution in [0.2, 0.25) is 0 Å². The van der Waals surface area contributed by atoms with Crippen molar-refractivity contribution in [2.45, 2.75) is 31.3 Å². The molecule has 0 aliphatic heterocycles. The summed E-state index contributed by atoms with van der Waals surface area (Å²) in [7, 11) is 0. The van der Waals surface area contributed by atoms with Crippen molar-refractivity contribution in [1.82, 2.24) is 0 Å². The second-order valence-electron chi connectivity index (χ2n) is 3.72. The van der Waals surface area contributed by atoms with Crippen LogP contribution in [-0.4, -0.2) is 11.2 Å². The van der Waals surface area contributed by atoms with E-state index in [1.54, 1.807) is 12.1 Å². The largest absolute Gasteiger partial charge is 0.393 e. The fourth-order valence-electron chi connectivity index (χ4n) is 2.02. The van der Waals surface area contributed by atoms with E-state index in [1.807, 2.05) is 6.07 Å². The molecule has 0 spiro atoms. The van der Waals surface area contributed by atoms with Crippen molar-refractivity contribution in [3.63, 3.8) is 0 Å². The van der Waals surface area contributed by atoms with E-state index >= 15 is 0 Å². The molecule has 1 nitrogen and oxygen atoms in total. The summed E-state index contributed by atoms with van der Waals surface area (Å²) in [6.45, 7) is 0. The zero-order valence-corrected chi connectivity index (χ0v) is 7.41. The summed E-state index contributed by atoms with van der Waals surface area (Å²) in [6.07, 6.45) is 2.42. The summed E-state index contributed by atoms with van der Waals surface area (Å²) < 4.78 is 12.9. The Labute approximate surface area is 77.2 Å². The molecular formula is C11H13FO. The van der Waals surface area contributed by atoms with E-state index in [-0.39, 0.29) is 11.9 Å². The van der Waals surface area contributed by atoms with Crippen molar-refractivity contribution < 1.29 is 9.50 Å². The van der Waals surface area contributed by atoms with Crippen LogP contribution in [0.25, 0.3) is 0 Å². The minimum atomic E-state index is -0.187. The molecule has 1 fully saturated rings. The molecule has 0 bridgehead atoms. The van der Waals surface area contributed by atoms with Crippen LogP contribution in [0.1, 0.15) is 30.7 Å². The van der Waals surface area contributed by atoms with Crippen LogP contribution in [-0.2, 0) is 0 Å². The lowest BCUT2D eigenvalue weighted by Gasteiger charge is -2.08. The van der Waals surface area contributed by atoms with Crippen molar-refractivity contribution in [2.75, 3.05) is 0 Å². The molecule has 0 aromatic heterocycles. The summed E-state index contributed by atoms with van der Waals surface area (Å²) in [5.41, 5.74) is 1.02. The van der Waals surface area contributed by atoms with Gasteiger partial charge in [0.2, 0.25) is 0 Å². The summed E-state index contributed by atoms with van der Waals surface area (Å²) in [5, 5.41) is 9.34. The molecule has 2 rings (SSSR count). The highest BCUT2D eigenvalue weighted by molar-refractivity contribution is 5.21. The van der Waals surface area contributed by atoms with Crippen LogP contribution in [0.4, 0.5) is 4.39 Å². The summed E-state index contributed by atoms with van der Waals surface area (Å²) in [4.78, 5) is 0. The van der Waals surface area contributed by atoms with E-state index in [1.165, 1.54) is 6.07 Å². The van der Waals surface area contributed by atoms with Crippen LogP contribution in [0.3, 0.4) is 0 Å². The lowest BCUT2D eigenvalue weighted by molar-refractivity contribution is 0.181. The lowest BCUT2D eigenvalue weighted by Crippen LogP contribution is -1.99. The molecule has 0 unspecified atom stereocenters. The van der Waals surface area contributed by atoms with Crippen molar-refractivity contribution in [1.29, 1.82) is 0 Å². The summed E-state index contributed by atoms with van der Waals surface area (Å²) in [6, 6.07) is 6.69. The summed E-state index contributed by atoms with van der Waals surface area (Å²) in [5.74, 6) is 0.171. The normalized spacial score (nSPS) is 27.8. The molecule has 2 heteroatoms. The Morgan fingerprint density at radius 1 is 1.31 bits per heavy atom. The first-order valence-electron chi connectivity index (χ1n) is 4.69. The number of hydrogen-bond acceptors (Lipinski definition) is 1. The minimum Gasteiger partial charge on any atom is -0.393 e. The molecule has 70 valence electrons. The van der Waals surface area contributed by atoms with Gasteiger partial charge >= 0.3 is 0 Å². The maximum atomic E-state index is 12.9. The molecule has 0 heterocycles. The highest BCUT2D eigenvalue weighted by Gasteiger charge is 2.23. The molecule has 1 saturated carbocycles. The third-order valence-corrected chi connectivity index (χ3v) is 2.73. The van der Waals surface area contributed by atoms with E-state index in [0.717, 1.165) is 24.8 Å². The Balaban J connectivity index is 2.16. The Morgan fingerprint density at radius 3 is 2.77 bits per heavy atom. The molecule has 1 aromatic rings. The first-order valence-corrected chi connectivity index (χ1v) is 4.69. The maximum Gasteiger partial charge on any atom is 0.123 e. The molecule has 1 aliphatic rings. The molecule has 1 N–H and O–H groups in total. The zero-order chi connectivity index (χ0) is 9.26. The predicted octanol–water partition coefficient (Wildman–Crippen LogP) is 2.45. The molecular weight excluding hydrogens is 167 g/mol. The van der Waals surface area contributed by atoms with Gasteiger partial charge in [-0.1, -0.05) is 12.1 Å². The Hall–Kier alpha value is -0.890. The van der Waals surface area contributed by atoms with Gasteiger partial charge in [0.25, 0.3) is 0 Å². The van der Waals surface area contributed by atoms with Gasteiger partial charge in [-0.2, -0.15) is 0 Å². The van der Waals surface area contributed by atoms with Crippen molar-refractivity contribution in [3.8, 4) is 0 Å². The quantitative estimate of drug-likeness (QED) is 0.703. The minimum absolute atomic E-state index is 0.182. The topological polar surface area (TPSA) is 20.2 Å². The van der Waals surface area contributed by atoms with Crippen molar-refractivity contribution >= 4 is 0 Å². The van der Waals surface area contributed by atoms with Gasteiger partial charge in [-0.3, -0.25) is 0 Å². The highest BCUT2D eigenvalue weighted by Crippen LogP contribution is 2.34. The second-order valence-corrected chi connectivity index (χ2v) is 3.72. The maximum absolute atomic E-state index is 12.9. The predicted molar refractivity (Wildman–Crippen MR) is 49.0 cm³/mol. The molecule has 0 saturated heterocycles. The molecule has 0 amide bonds. The Morgan fingerprint density at radius 2 is 2.15 bits per heavy atom. The van der Waals surface area contributed by atoms with E-state index in [4.69, 9.17) is 0 Å². The van der Waals surface area contributed by atoms with Gasteiger partial charge in [-0.25, -0.2) is 4.39 Å². The Kier molecular flexibility index (Phi) is 2.32. The van der Waals surface area contributed by atoms with E-state index in [0.29, 0.717) is 5.92 Å². The standard InChI is InChI=1S/C11H13FO/c12-10-3-1-2-8(6-10)9-4-5-11(13)7-9/h1-3,6,9,11,13H,4-5,7H2/t9-,11+/m0/s1. The molecule has 1 aliphatic carbocycles. The van der Waals surface area contributed by atoms with E-state index < -0.39 is 0 Å². The second kappa shape index (κ2) is 3.46. The number of aliphatic hydroxyl groups is 1. The zero-order valence-electron chi connectivity index (χ0n) is 7.41. The van der Waals surface area contributed by atoms with Gasteiger partial charge in [-0.15, -0.1) is 0 Å². The number of benzene rings is 1. The van der Waals surface area contributed by atoms with Gasteiger partial charge in [0.15, 0.2) is 0 Å². The molecule has 1 aromatic carbocycles. The average Bonchev–Trinajstić information content (AvgIpc) is 2.52. The van der Waals surface area contributed by atoms with Gasteiger partial charge in [0.1, 0.15) is 5.82 Å². The summed E-state index contributed by atoms with van der Waals surface area (Å²) >= 11 is 0. The first-order chi connectivity index (χ1) is 6.25. The average molecular weight is 180 g/mol. The third kappa shape index (κ3) is 1.89. The van der Waals surface area contributed by atoms with Gasteiger partial charge in [0, 0.05) is 0 Å². The van der Waals surface area contributed by atoms with Crippen molar-refractivity contribution in [2.24, 2.45) is 0 Å².